The summed E-state index contributed by atoms with van der Waals surface area (Å²) >= 11 is 0. The quantitative estimate of drug-likeness (QED) is 0.784. The molecule has 1 unspecified atom stereocenters. The van der Waals surface area contributed by atoms with E-state index >= 15 is 0 Å². The van der Waals surface area contributed by atoms with E-state index in [1.54, 1.807) is 6.08 Å². The van der Waals surface area contributed by atoms with Crippen molar-refractivity contribution in [3.63, 3.8) is 0 Å². The lowest BCUT2D eigenvalue weighted by molar-refractivity contribution is -0.140. The lowest BCUT2D eigenvalue weighted by Gasteiger charge is -2.26. The van der Waals surface area contributed by atoms with Gasteiger partial charge in [0.1, 0.15) is 0 Å². The van der Waals surface area contributed by atoms with E-state index in [9.17, 15) is 4.79 Å². The molecule has 0 spiro atoms. The fraction of sp³-hybridized carbons (Fsp3) is 0.308. The number of aliphatic carboxylic acids is 1. The lowest BCUT2D eigenvalue weighted by atomic mass is 10.0. The van der Waals surface area contributed by atoms with Gasteiger partial charge in [0.25, 0.3) is 0 Å². The van der Waals surface area contributed by atoms with Crippen molar-refractivity contribution < 1.29 is 9.90 Å². The van der Waals surface area contributed by atoms with Gasteiger partial charge in [0.15, 0.2) is 0 Å². The number of nitrogens with zero attached hydrogens (tertiary/aromatic N) is 1. The summed E-state index contributed by atoms with van der Waals surface area (Å²) in [4.78, 5) is 13.0. The van der Waals surface area contributed by atoms with Crippen LogP contribution in [0.1, 0.15) is 5.56 Å². The topological polar surface area (TPSA) is 40.5 Å². The van der Waals surface area contributed by atoms with E-state index in [1.807, 2.05) is 24.3 Å². The minimum atomic E-state index is -0.742. The molecule has 1 aliphatic heterocycles. The molecule has 1 aliphatic rings. The van der Waals surface area contributed by atoms with Crippen LogP contribution in [0.3, 0.4) is 0 Å². The largest absolute Gasteiger partial charge is 0.481 e. The second kappa shape index (κ2) is 4.94. The first kappa shape index (κ1) is 10.9. The van der Waals surface area contributed by atoms with Crippen molar-refractivity contribution in [2.75, 3.05) is 13.1 Å². The standard InChI is InChI=1S/C13H15NO2/c15-13(16)12-7-4-8-14(10-12)9-11-5-2-1-3-6-11/h1-7,12H,8-10H2,(H,15,16). The predicted molar refractivity (Wildman–Crippen MR) is 62.0 cm³/mol. The first-order valence-electron chi connectivity index (χ1n) is 5.41. The first-order valence-corrected chi connectivity index (χ1v) is 5.41. The second-order valence-electron chi connectivity index (χ2n) is 4.05. The molecule has 0 radical (unpaired) electrons. The Hall–Kier alpha value is -1.61. The van der Waals surface area contributed by atoms with Crippen molar-refractivity contribution in [2.24, 2.45) is 5.92 Å². The third-order valence-electron chi connectivity index (χ3n) is 2.75. The van der Waals surface area contributed by atoms with Crippen molar-refractivity contribution in [2.45, 2.75) is 6.54 Å². The zero-order valence-corrected chi connectivity index (χ0v) is 9.04. The number of hydrogen-bond acceptors (Lipinski definition) is 2. The SMILES string of the molecule is O=C(O)C1C=CCN(Cc2ccccc2)C1. The van der Waals surface area contributed by atoms with Crippen LogP contribution in [0.5, 0.6) is 0 Å². The third kappa shape index (κ3) is 2.70. The Bertz CT molecular complexity index is 386. The molecule has 0 bridgehead atoms. The highest BCUT2D eigenvalue weighted by Gasteiger charge is 2.20. The van der Waals surface area contributed by atoms with Crippen LogP contribution in [0.15, 0.2) is 42.5 Å². The number of rotatable bonds is 3. The second-order valence-corrected chi connectivity index (χ2v) is 4.05. The summed E-state index contributed by atoms with van der Waals surface area (Å²) < 4.78 is 0. The normalized spacial score (nSPS) is 20.9. The van der Waals surface area contributed by atoms with E-state index in [4.69, 9.17) is 5.11 Å². The zero-order chi connectivity index (χ0) is 11.4. The maximum absolute atomic E-state index is 10.9. The van der Waals surface area contributed by atoms with E-state index in [2.05, 4.69) is 17.0 Å². The highest BCUT2D eigenvalue weighted by atomic mass is 16.4. The number of carbonyl (C=O) groups is 1. The molecule has 0 saturated heterocycles. The lowest BCUT2D eigenvalue weighted by Crippen LogP contribution is -2.35. The van der Waals surface area contributed by atoms with Gasteiger partial charge in [-0.1, -0.05) is 42.5 Å². The van der Waals surface area contributed by atoms with Gasteiger partial charge in [0.05, 0.1) is 5.92 Å². The van der Waals surface area contributed by atoms with Gasteiger partial charge < -0.3 is 5.11 Å². The average Bonchev–Trinajstić information content (AvgIpc) is 2.30. The van der Waals surface area contributed by atoms with Crippen molar-refractivity contribution >= 4 is 5.97 Å². The molecule has 1 heterocycles. The average molecular weight is 217 g/mol. The fourth-order valence-electron chi connectivity index (χ4n) is 1.92. The minimum Gasteiger partial charge on any atom is -0.481 e. The van der Waals surface area contributed by atoms with Crippen molar-refractivity contribution in [1.29, 1.82) is 0 Å². The highest BCUT2D eigenvalue weighted by Crippen LogP contribution is 2.13. The van der Waals surface area contributed by atoms with Crippen LogP contribution in [-0.4, -0.2) is 29.1 Å². The van der Waals surface area contributed by atoms with E-state index in [1.165, 1.54) is 5.56 Å². The molecule has 0 saturated carbocycles. The van der Waals surface area contributed by atoms with Gasteiger partial charge in [-0.3, -0.25) is 9.69 Å². The number of carboxylic acid groups (broad SMARTS) is 1. The van der Waals surface area contributed by atoms with Crippen LogP contribution in [0.2, 0.25) is 0 Å². The number of hydrogen-bond donors (Lipinski definition) is 1. The molecular formula is C13H15NO2. The van der Waals surface area contributed by atoms with E-state index in [0.29, 0.717) is 6.54 Å². The maximum atomic E-state index is 10.9. The Kier molecular flexibility index (Phi) is 3.37. The summed E-state index contributed by atoms with van der Waals surface area (Å²) in [6.07, 6.45) is 3.72. The molecule has 1 aromatic carbocycles. The highest BCUT2D eigenvalue weighted by molar-refractivity contribution is 5.72. The van der Waals surface area contributed by atoms with Crippen LogP contribution in [0.4, 0.5) is 0 Å². The molecular weight excluding hydrogens is 202 g/mol. The Labute approximate surface area is 95.0 Å². The molecule has 1 atom stereocenters. The summed E-state index contributed by atoms with van der Waals surface area (Å²) in [6.45, 7) is 2.24. The van der Waals surface area contributed by atoms with Gasteiger partial charge in [0, 0.05) is 19.6 Å². The smallest absolute Gasteiger partial charge is 0.311 e. The summed E-state index contributed by atoms with van der Waals surface area (Å²) in [5.41, 5.74) is 1.22. The predicted octanol–water partition coefficient (Wildman–Crippen LogP) is 1.76. The summed E-state index contributed by atoms with van der Waals surface area (Å²) in [7, 11) is 0. The van der Waals surface area contributed by atoms with Crippen LogP contribution in [0.25, 0.3) is 0 Å². The molecule has 3 nitrogen and oxygen atoms in total. The Morgan fingerprint density at radius 3 is 2.81 bits per heavy atom. The van der Waals surface area contributed by atoms with Crippen molar-refractivity contribution in [3.8, 4) is 0 Å². The molecule has 0 aromatic heterocycles. The van der Waals surface area contributed by atoms with Crippen molar-refractivity contribution in [3.05, 3.63) is 48.0 Å². The molecule has 2 rings (SSSR count). The molecule has 3 heteroatoms. The van der Waals surface area contributed by atoms with Gasteiger partial charge in [-0.05, 0) is 5.56 Å². The summed E-state index contributed by atoms with van der Waals surface area (Å²) in [5.74, 6) is -1.11. The molecule has 0 fully saturated rings. The van der Waals surface area contributed by atoms with Crippen LogP contribution in [-0.2, 0) is 11.3 Å². The summed E-state index contributed by atoms with van der Waals surface area (Å²) in [6, 6.07) is 10.1. The van der Waals surface area contributed by atoms with Gasteiger partial charge >= 0.3 is 5.97 Å². The van der Waals surface area contributed by atoms with Crippen LogP contribution >= 0.6 is 0 Å². The van der Waals surface area contributed by atoms with Gasteiger partial charge in [-0.25, -0.2) is 0 Å². The molecule has 16 heavy (non-hydrogen) atoms. The van der Waals surface area contributed by atoms with Crippen LogP contribution in [0, 0.1) is 5.92 Å². The van der Waals surface area contributed by atoms with Gasteiger partial charge in [-0.2, -0.15) is 0 Å². The van der Waals surface area contributed by atoms with E-state index in [0.717, 1.165) is 13.1 Å². The molecule has 0 amide bonds. The molecule has 1 N–H and O–H groups in total. The van der Waals surface area contributed by atoms with E-state index in [-0.39, 0.29) is 5.92 Å². The third-order valence-corrected chi connectivity index (χ3v) is 2.75. The Morgan fingerprint density at radius 1 is 1.38 bits per heavy atom. The monoisotopic (exact) mass is 217 g/mol. The van der Waals surface area contributed by atoms with Gasteiger partial charge in [0.2, 0.25) is 0 Å². The van der Waals surface area contributed by atoms with Gasteiger partial charge in [-0.15, -0.1) is 0 Å². The number of carboxylic acids is 1. The van der Waals surface area contributed by atoms with Crippen LogP contribution < -0.4 is 0 Å². The Balaban J connectivity index is 1.97. The first-order chi connectivity index (χ1) is 7.75. The summed E-state index contributed by atoms with van der Waals surface area (Å²) in [5, 5.41) is 8.94. The zero-order valence-electron chi connectivity index (χ0n) is 9.04. The number of benzene rings is 1. The van der Waals surface area contributed by atoms with Crippen molar-refractivity contribution in [1.82, 2.24) is 4.90 Å². The maximum Gasteiger partial charge on any atom is 0.311 e. The Morgan fingerprint density at radius 2 is 2.12 bits per heavy atom. The molecule has 1 aromatic rings. The molecule has 84 valence electrons. The molecule has 0 aliphatic carbocycles. The fourth-order valence-corrected chi connectivity index (χ4v) is 1.92. The van der Waals surface area contributed by atoms with E-state index < -0.39 is 5.97 Å². The minimum absolute atomic E-state index is 0.363.